The molecule has 5 nitrogen and oxygen atoms in total. The zero-order chi connectivity index (χ0) is 12.8. The van der Waals surface area contributed by atoms with Gasteiger partial charge >= 0.3 is 0 Å². The van der Waals surface area contributed by atoms with Gasteiger partial charge in [-0.2, -0.15) is 0 Å². The van der Waals surface area contributed by atoms with E-state index in [9.17, 15) is 0 Å². The smallest absolute Gasteiger partial charge is 0.134 e. The van der Waals surface area contributed by atoms with Crippen molar-refractivity contribution < 1.29 is 19.4 Å². The van der Waals surface area contributed by atoms with Crippen LogP contribution in [0, 0.1) is 0 Å². The average Bonchev–Trinajstić information content (AvgIpc) is 2.80. The Hall–Kier alpha value is -1.75. The van der Waals surface area contributed by atoms with E-state index in [1.165, 1.54) is 0 Å². The Balaban J connectivity index is 1.88. The molecule has 18 heavy (non-hydrogen) atoms. The fraction of sp³-hybridized carbons (Fsp3) is 0.462. The van der Waals surface area contributed by atoms with Gasteiger partial charge < -0.3 is 19.4 Å². The number of oxime groups is 1. The second-order valence-electron chi connectivity index (χ2n) is 4.04. The second kappa shape index (κ2) is 6.26. The largest absolute Gasteiger partial charge is 0.493 e. The lowest BCUT2D eigenvalue weighted by molar-refractivity contribution is 0.184. The van der Waals surface area contributed by atoms with Crippen molar-refractivity contribution in [1.82, 2.24) is 0 Å². The normalized spacial score (nSPS) is 15.5. The van der Waals surface area contributed by atoms with Crippen molar-refractivity contribution in [1.29, 1.82) is 0 Å². The van der Waals surface area contributed by atoms with Crippen molar-refractivity contribution in [2.75, 3.05) is 26.9 Å². The molecule has 5 heteroatoms. The van der Waals surface area contributed by atoms with Gasteiger partial charge in [0.15, 0.2) is 0 Å². The molecule has 1 N–H and O–H groups in total. The van der Waals surface area contributed by atoms with E-state index in [-0.39, 0.29) is 0 Å². The van der Waals surface area contributed by atoms with Gasteiger partial charge in [0, 0.05) is 25.3 Å². The van der Waals surface area contributed by atoms with Crippen LogP contribution in [0.4, 0.5) is 0 Å². The molecule has 1 aromatic carbocycles. The molecule has 0 spiro atoms. The predicted octanol–water partition coefficient (Wildman–Crippen LogP) is 2.06. The molecule has 0 aromatic heterocycles. The van der Waals surface area contributed by atoms with E-state index in [1.807, 2.05) is 18.2 Å². The van der Waals surface area contributed by atoms with E-state index in [2.05, 4.69) is 5.16 Å². The standard InChI is InChI=1S/C13H17NO4/c1-16-6-2-3-7-17-10-4-5-11-12(14-15)9-18-13(11)8-10/h4-5,8,15H,2-3,6-7,9H2,1H3/b14-12+. The fourth-order valence-electron chi connectivity index (χ4n) is 1.80. The fourth-order valence-corrected chi connectivity index (χ4v) is 1.80. The van der Waals surface area contributed by atoms with Crippen LogP contribution in [0.2, 0.25) is 0 Å². The zero-order valence-electron chi connectivity index (χ0n) is 10.4. The Bertz CT molecular complexity index is 431. The number of hydrogen-bond donors (Lipinski definition) is 1. The highest BCUT2D eigenvalue weighted by Crippen LogP contribution is 2.29. The number of methoxy groups -OCH3 is 1. The summed E-state index contributed by atoms with van der Waals surface area (Å²) in [6, 6.07) is 5.53. The molecule has 0 unspecified atom stereocenters. The molecule has 0 amide bonds. The Morgan fingerprint density at radius 2 is 2.17 bits per heavy atom. The maximum Gasteiger partial charge on any atom is 0.134 e. The number of hydrogen-bond acceptors (Lipinski definition) is 5. The minimum atomic E-state index is 0.309. The molecular formula is C13H17NO4. The minimum absolute atomic E-state index is 0.309. The number of unbranched alkanes of at least 4 members (excludes halogenated alkanes) is 1. The quantitative estimate of drug-likeness (QED) is 0.477. The highest BCUT2D eigenvalue weighted by atomic mass is 16.5. The maximum atomic E-state index is 8.77. The number of nitrogens with zero attached hydrogens (tertiary/aromatic N) is 1. The van der Waals surface area contributed by atoms with E-state index in [4.69, 9.17) is 19.4 Å². The summed E-state index contributed by atoms with van der Waals surface area (Å²) in [5.41, 5.74) is 1.38. The van der Waals surface area contributed by atoms with Crippen LogP contribution in [0.15, 0.2) is 23.4 Å². The Kier molecular flexibility index (Phi) is 4.41. The first kappa shape index (κ1) is 12.7. The van der Waals surface area contributed by atoms with Gasteiger partial charge in [-0.1, -0.05) is 5.16 Å². The zero-order valence-corrected chi connectivity index (χ0v) is 10.4. The van der Waals surface area contributed by atoms with Crippen molar-refractivity contribution in [3.05, 3.63) is 23.8 Å². The number of fused-ring (bicyclic) bond motifs is 1. The summed E-state index contributed by atoms with van der Waals surface area (Å²) in [5, 5.41) is 12.0. The summed E-state index contributed by atoms with van der Waals surface area (Å²) in [6.45, 7) is 1.72. The molecule has 0 fully saturated rings. The van der Waals surface area contributed by atoms with Crippen LogP contribution in [0.25, 0.3) is 0 Å². The van der Waals surface area contributed by atoms with Gasteiger partial charge in [-0.15, -0.1) is 0 Å². The van der Waals surface area contributed by atoms with E-state index in [1.54, 1.807) is 7.11 Å². The molecule has 1 heterocycles. The molecule has 0 atom stereocenters. The second-order valence-corrected chi connectivity index (χ2v) is 4.04. The Morgan fingerprint density at radius 1 is 1.33 bits per heavy atom. The lowest BCUT2D eigenvalue weighted by atomic mass is 10.1. The molecule has 0 bridgehead atoms. The van der Waals surface area contributed by atoms with Gasteiger partial charge in [0.25, 0.3) is 0 Å². The van der Waals surface area contributed by atoms with Crippen LogP contribution in [0.3, 0.4) is 0 Å². The molecule has 1 aliphatic heterocycles. The van der Waals surface area contributed by atoms with Crippen molar-refractivity contribution in [3.8, 4) is 11.5 Å². The molecular weight excluding hydrogens is 234 g/mol. The number of ether oxygens (including phenoxy) is 3. The van der Waals surface area contributed by atoms with Crippen LogP contribution in [0.5, 0.6) is 11.5 Å². The van der Waals surface area contributed by atoms with Crippen molar-refractivity contribution in [2.45, 2.75) is 12.8 Å². The van der Waals surface area contributed by atoms with E-state index >= 15 is 0 Å². The monoisotopic (exact) mass is 251 g/mol. The van der Waals surface area contributed by atoms with Crippen molar-refractivity contribution >= 4 is 5.71 Å². The molecule has 2 rings (SSSR count). The van der Waals surface area contributed by atoms with Gasteiger partial charge in [0.05, 0.1) is 6.61 Å². The first-order valence-corrected chi connectivity index (χ1v) is 5.95. The summed E-state index contributed by atoms with van der Waals surface area (Å²) >= 11 is 0. The highest BCUT2D eigenvalue weighted by molar-refractivity contribution is 6.05. The van der Waals surface area contributed by atoms with Crippen LogP contribution in [-0.4, -0.2) is 37.8 Å². The molecule has 98 valence electrons. The van der Waals surface area contributed by atoms with Crippen molar-refractivity contribution in [3.63, 3.8) is 0 Å². The van der Waals surface area contributed by atoms with E-state index < -0.39 is 0 Å². The van der Waals surface area contributed by atoms with Gasteiger partial charge in [-0.3, -0.25) is 0 Å². The Morgan fingerprint density at radius 3 is 2.94 bits per heavy atom. The van der Waals surface area contributed by atoms with Crippen LogP contribution in [-0.2, 0) is 4.74 Å². The number of rotatable bonds is 6. The lowest BCUT2D eigenvalue weighted by Gasteiger charge is -2.07. The van der Waals surface area contributed by atoms with Gasteiger partial charge in [-0.05, 0) is 25.0 Å². The van der Waals surface area contributed by atoms with E-state index in [0.29, 0.717) is 24.7 Å². The summed E-state index contributed by atoms with van der Waals surface area (Å²) in [7, 11) is 1.69. The van der Waals surface area contributed by atoms with Gasteiger partial charge in [-0.25, -0.2) is 0 Å². The first-order chi connectivity index (χ1) is 8.85. The summed E-state index contributed by atoms with van der Waals surface area (Å²) in [6.07, 6.45) is 1.94. The third-order valence-corrected chi connectivity index (χ3v) is 2.76. The molecule has 0 radical (unpaired) electrons. The third-order valence-electron chi connectivity index (χ3n) is 2.76. The van der Waals surface area contributed by atoms with Crippen LogP contribution < -0.4 is 9.47 Å². The van der Waals surface area contributed by atoms with Gasteiger partial charge in [0.1, 0.15) is 23.8 Å². The van der Waals surface area contributed by atoms with Gasteiger partial charge in [0.2, 0.25) is 0 Å². The maximum absolute atomic E-state index is 8.77. The SMILES string of the molecule is COCCCCOc1ccc2c(c1)OC/C2=N\O. The molecule has 0 saturated carbocycles. The summed E-state index contributed by atoms with van der Waals surface area (Å²) in [4.78, 5) is 0. The topological polar surface area (TPSA) is 60.3 Å². The van der Waals surface area contributed by atoms with Crippen LogP contribution in [0.1, 0.15) is 18.4 Å². The minimum Gasteiger partial charge on any atom is -0.493 e. The first-order valence-electron chi connectivity index (χ1n) is 5.95. The predicted molar refractivity (Wildman–Crippen MR) is 66.9 cm³/mol. The molecule has 1 aliphatic rings. The molecule has 0 saturated heterocycles. The lowest BCUT2D eigenvalue weighted by Crippen LogP contribution is -2.01. The molecule has 1 aromatic rings. The van der Waals surface area contributed by atoms with Crippen LogP contribution >= 0.6 is 0 Å². The average molecular weight is 251 g/mol. The summed E-state index contributed by atoms with van der Waals surface area (Å²) < 4.78 is 16.0. The number of benzene rings is 1. The molecule has 0 aliphatic carbocycles. The summed E-state index contributed by atoms with van der Waals surface area (Å²) in [5.74, 6) is 1.47. The Labute approximate surface area is 106 Å². The third kappa shape index (κ3) is 2.92. The highest BCUT2D eigenvalue weighted by Gasteiger charge is 2.20. The van der Waals surface area contributed by atoms with Crippen molar-refractivity contribution in [2.24, 2.45) is 5.16 Å². The van der Waals surface area contributed by atoms with E-state index in [0.717, 1.165) is 30.8 Å².